The molecule has 2 atom stereocenters. The second-order valence-electron chi connectivity index (χ2n) is 12.8. The second kappa shape index (κ2) is 11.3. The summed E-state index contributed by atoms with van der Waals surface area (Å²) in [4.78, 5) is 14.2. The number of rotatable bonds is 8. The number of nitrogens with zero attached hydrogens (tertiary/aromatic N) is 3. The molecule has 2 aliphatic carbocycles. The van der Waals surface area contributed by atoms with Crippen LogP contribution in [0.2, 0.25) is 0 Å². The van der Waals surface area contributed by atoms with Gasteiger partial charge < -0.3 is 15.2 Å². The maximum absolute atomic E-state index is 15.8. The van der Waals surface area contributed by atoms with Crippen molar-refractivity contribution in [3.8, 4) is 5.88 Å². The van der Waals surface area contributed by atoms with Crippen LogP contribution in [-0.2, 0) is 47.7 Å². The third-order valence-electron chi connectivity index (χ3n) is 9.64. The normalized spacial score (nSPS) is 18.6. The summed E-state index contributed by atoms with van der Waals surface area (Å²) in [7, 11) is -3.95. The summed E-state index contributed by atoms with van der Waals surface area (Å²) < 4.78 is 46.6. The second-order valence-corrected chi connectivity index (χ2v) is 14.6. The number of amides is 2. The summed E-state index contributed by atoms with van der Waals surface area (Å²) in [5.41, 5.74) is 3.22. The Kier molecular flexibility index (Phi) is 7.15. The lowest BCUT2D eigenvalue weighted by Gasteiger charge is -2.34. The van der Waals surface area contributed by atoms with Gasteiger partial charge in [-0.1, -0.05) is 91.0 Å². The van der Waals surface area contributed by atoms with E-state index in [1.807, 2.05) is 91.0 Å². The Morgan fingerprint density at radius 2 is 1.42 bits per heavy atom. The first-order valence-electron chi connectivity index (χ1n) is 16.0. The zero-order chi connectivity index (χ0) is 33.1. The van der Waals surface area contributed by atoms with Crippen LogP contribution in [0.4, 0.5) is 14.9 Å². The maximum atomic E-state index is 15.8. The highest BCUT2D eigenvalue weighted by atomic mass is 32.2. The van der Waals surface area contributed by atoms with Gasteiger partial charge in [-0.05, 0) is 71.6 Å². The van der Waals surface area contributed by atoms with Crippen LogP contribution in [0.3, 0.4) is 0 Å². The van der Waals surface area contributed by atoms with Gasteiger partial charge in [-0.2, -0.15) is 9.46 Å². The summed E-state index contributed by atoms with van der Waals surface area (Å²) in [5, 5.41) is 17.5. The zero-order valence-electron chi connectivity index (χ0n) is 26.3. The number of ether oxygens (including phenoxy) is 1. The van der Waals surface area contributed by atoms with Gasteiger partial charge in [0, 0.05) is 5.69 Å². The molecule has 2 heterocycles. The van der Waals surface area contributed by atoms with Crippen molar-refractivity contribution in [1.82, 2.24) is 14.5 Å². The molecule has 11 heteroatoms. The highest BCUT2D eigenvalue weighted by Crippen LogP contribution is 2.45. The number of hydrogen-bond donors (Lipinski definition) is 3. The van der Waals surface area contributed by atoms with E-state index in [-0.39, 0.29) is 29.7 Å². The Morgan fingerprint density at radius 1 is 0.917 bits per heavy atom. The zero-order valence-corrected chi connectivity index (χ0v) is 27.1. The van der Waals surface area contributed by atoms with Gasteiger partial charge in [-0.3, -0.25) is 0 Å². The number of aliphatic hydroxyl groups is 1. The Hall–Kier alpha value is -5.00. The minimum atomic E-state index is -3.95. The number of anilines is 1. The van der Waals surface area contributed by atoms with E-state index in [1.165, 1.54) is 10.9 Å². The third-order valence-corrected chi connectivity index (χ3v) is 11.5. The van der Waals surface area contributed by atoms with E-state index in [0.717, 1.165) is 27.8 Å². The van der Waals surface area contributed by atoms with E-state index in [2.05, 4.69) is 15.1 Å². The van der Waals surface area contributed by atoms with Crippen LogP contribution in [0, 0.1) is 5.82 Å². The number of hydrogen-bond acceptors (Lipinski definition) is 6. The molecule has 3 N–H and O–H groups in total. The molecular weight excluding hydrogens is 630 g/mol. The molecule has 0 unspecified atom stereocenters. The average Bonchev–Trinajstić information content (AvgIpc) is 3.60. The van der Waals surface area contributed by atoms with Gasteiger partial charge in [-0.15, -0.1) is 0 Å². The largest absolute Gasteiger partial charge is 0.466 e. The van der Waals surface area contributed by atoms with E-state index >= 15 is 4.21 Å². The van der Waals surface area contributed by atoms with Crippen molar-refractivity contribution in [3.63, 3.8) is 0 Å². The molecule has 2 amide bonds. The molecule has 1 aliphatic heterocycles. The van der Waals surface area contributed by atoms with Gasteiger partial charge in [0.2, 0.25) is 5.88 Å². The van der Waals surface area contributed by atoms with Crippen molar-refractivity contribution in [2.24, 2.45) is 4.36 Å². The molecule has 48 heavy (non-hydrogen) atoms. The van der Waals surface area contributed by atoms with Gasteiger partial charge in [0.15, 0.2) is 15.5 Å². The molecule has 0 spiro atoms. The quantitative estimate of drug-likeness (QED) is 0.178. The van der Waals surface area contributed by atoms with Crippen molar-refractivity contribution < 1.29 is 23.2 Å². The van der Waals surface area contributed by atoms with Crippen LogP contribution < -0.4 is 14.8 Å². The number of fused-ring (bicyclic) bond motifs is 3. The fourth-order valence-corrected chi connectivity index (χ4v) is 8.84. The average molecular weight is 664 g/mol. The molecule has 244 valence electrons. The summed E-state index contributed by atoms with van der Waals surface area (Å²) in [5.74, 6) is -0.0150. The molecule has 0 radical (unpaired) electrons. The number of nitrogens with one attached hydrogen (secondary N) is 2. The van der Waals surface area contributed by atoms with E-state index in [9.17, 15) is 14.3 Å². The number of urea groups is 1. The Morgan fingerprint density at radius 3 is 1.88 bits per heavy atom. The highest BCUT2D eigenvalue weighted by molar-refractivity contribution is 7.92. The van der Waals surface area contributed by atoms with Gasteiger partial charge in [-0.25, -0.2) is 22.8 Å². The fourth-order valence-electron chi connectivity index (χ4n) is 7.01. The Labute approximate surface area is 278 Å². The van der Waals surface area contributed by atoms with Crippen LogP contribution >= 0.6 is 0 Å². The number of halogens is 1. The molecule has 5 aromatic rings. The third kappa shape index (κ3) is 4.71. The van der Waals surface area contributed by atoms with Crippen LogP contribution in [-0.4, -0.2) is 37.3 Å². The van der Waals surface area contributed by atoms with Gasteiger partial charge in [0.25, 0.3) is 0 Å². The molecule has 0 bridgehead atoms. The number of benzene rings is 4. The lowest BCUT2D eigenvalue weighted by Crippen LogP contribution is -2.39. The first-order chi connectivity index (χ1) is 23.2. The van der Waals surface area contributed by atoms with Crippen LogP contribution in [0.1, 0.15) is 45.9 Å². The smallest absolute Gasteiger partial charge is 0.331 e. The maximum Gasteiger partial charge on any atom is 0.331 e. The van der Waals surface area contributed by atoms with E-state index in [4.69, 9.17) is 9.10 Å². The Bertz CT molecular complexity index is 2050. The summed E-state index contributed by atoms with van der Waals surface area (Å²) in [6.45, 7) is 1.65. The van der Waals surface area contributed by atoms with Crippen LogP contribution in [0.5, 0.6) is 5.88 Å². The van der Waals surface area contributed by atoms with E-state index in [1.54, 1.807) is 6.92 Å². The standard InChI is InChI=1S/C37H34FN5O4S/c1-36(23-44)22-43-34(47-36)31(21-39-43)48(46,41-35(45)40-33-29-19-17-27(29)32(38)28-18-20-30(28)33)42-37(24-11-5-2-6-12-24,25-13-7-3-8-14-25)26-15-9-4-10-16-26/h2-16,21,44H,17-20,22-23H2,1H3,(H2,40,41,42,45,46)/t36-,48-/m0/s1. The molecule has 4 aromatic carbocycles. The van der Waals surface area contributed by atoms with Crippen molar-refractivity contribution >= 4 is 21.6 Å². The molecule has 1 aromatic heterocycles. The van der Waals surface area contributed by atoms with Crippen molar-refractivity contribution in [1.29, 1.82) is 0 Å². The number of carbonyl (C=O) groups excluding carboxylic acids is 1. The molecule has 3 aliphatic rings. The predicted octanol–water partition coefficient (Wildman–Crippen LogP) is 5.92. The first-order valence-corrected chi connectivity index (χ1v) is 17.5. The molecular formula is C37H34FN5O4S. The summed E-state index contributed by atoms with van der Waals surface area (Å²) >= 11 is 0. The number of aromatic nitrogens is 2. The predicted molar refractivity (Wildman–Crippen MR) is 180 cm³/mol. The van der Waals surface area contributed by atoms with Crippen LogP contribution in [0.15, 0.2) is 106 Å². The van der Waals surface area contributed by atoms with Gasteiger partial charge >= 0.3 is 6.03 Å². The number of aliphatic hydroxyl groups excluding tert-OH is 1. The minimum Gasteiger partial charge on any atom is -0.466 e. The molecule has 0 fully saturated rings. The lowest BCUT2D eigenvalue weighted by atomic mass is 9.76. The molecule has 0 saturated heterocycles. The van der Waals surface area contributed by atoms with E-state index < -0.39 is 27.1 Å². The topological polar surface area (TPSA) is 118 Å². The molecule has 0 saturated carbocycles. The summed E-state index contributed by atoms with van der Waals surface area (Å²) in [6, 6.07) is 27.8. The van der Waals surface area contributed by atoms with Crippen molar-refractivity contribution in [2.45, 2.75) is 55.2 Å². The molecule has 8 rings (SSSR count). The minimum absolute atomic E-state index is 0.0714. The van der Waals surface area contributed by atoms with Crippen molar-refractivity contribution in [2.75, 3.05) is 11.9 Å². The highest BCUT2D eigenvalue weighted by Gasteiger charge is 2.43. The number of carbonyl (C=O) groups is 1. The summed E-state index contributed by atoms with van der Waals surface area (Å²) in [6.07, 6.45) is 3.95. The van der Waals surface area contributed by atoms with E-state index in [0.29, 0.717) is 42.5 Å². The van der Waals surface area contributed by atoms with Gasteiger partial charge in [0.05, 0.1) is 19.3 Å². The lowest BCUT2D eigenvalue weighted by molar-refractivity contribution is 0.0399. The molecule has 9 nitrogen and oxygen atoms in total. The SMILES string of the molecule is C[C@@]1(CO)Cn2ncc([S@@](=O)(=NC(c3ccccc3)(c3ccccc3)c3ccccc3)NC(=O)Nc3c4c(c(F)c5c3CC5)CC4)c2O1. The Balaban J connectivity index is 1.35. The monoisotopic (exact) mass is 663 g/mol. The fraction of sp³-hybridized carbons (Fsp3) is 0.243. The van der Waals surface area contributed by atoms with Crippen molar-refractivity contribution in [3.05, 3.63) is 142 Å². The van der Waals surface area contributed by atoms with Crippen LogP contribution in [0.25, 0.3) is 0 Å². The first kappa shape index (κ1) is 30.3. The van der Waals surface area contributed by atoms with Gasteiger partial charge in [0.1, 0.15) is 16.3 Å².